The molecule has 0 saturated heterocycles. The van der Waals surface area contributed by atoms with Gasteiger partial charge in [-0.15, -0.1) is 0 Å². The third-order valence-corrected chi connectivity index (χ3v) is 1.95. The van der Waals surface area contributed by atoms with Crippen LogP contribution in [-0.2, 0) is 11.3 Å². The molecule has 4 heteroatoms. The fraction of sp³-hybridized carbons (Fsp3) is 0.364. The number of rotatable bonds is 3. The van der Waals surface area contributed by atoms with Crippen molar-refractivity contribution in [3.8, 4) is 0 Å². The lowest BCUT2D eigenvalue weighted by atomic mass is 10.1. The number of nitrogens with one attached hydrogen (secondary N) is 1. The van der Waals surface area contributed by atoms with Crippen LogP contribution >= 0.6 is 0 Å². The van der Waals surface area contributed by atoms with Crippen molar-refractivity contribution in [1.82, 2.24) is 5.32 Å². The monoisotopic (exact) mass is 211 g/mol. The topological polar surface area (TPSA) is 49.3 Å². The Hall–Kier alpha value is -1.42. The summed E-state index contributed by atoms with van der Waals surface area (Å²) >= 11 is 0. The second kappa shape index (κ2) is 4.40. The van der Waals surface area contributed by atoms with E-state index in [1.807, 2.05) is 0 Å². The van der Waals surface area contributed by atoms with Gasteiger partial charge in [0.2, 0.25) is 0 Å². The van der Waals surface area contributed by atoms with Crippen molar-refractivity contribution in [2.45, 2.75) is 26.0 Å². The Bertz CT molecular complexity index is 358. The van der Waals surface area contributed by atoms with Crippen LogP contribution in [0.5, 0.6) is 0 Å². The van der Waals surface area contributed by atoms with Crippen molar-refractivity contribution < 1.29 is 14.3 Å². The summed E-state index contributed by atoms with van der Waals surface area (Å²) in [6.45, 7) is 2.84. The molecular weight excluding hydrogens is 197 g/mol. The van der Waals surface area contributed by atoms with Crippen molar-refractivity contribution in [3.63, 3.8) is 0 Å². The molecule has 1 amide bonds. The largest absolute Gasteiger partial charge is 0.381 e. The zero-order chi connectivity index (χ0) is 11.5. The van der Waals surface area contributed by atoms with Crippen LogP contribution in [0.25, 0.3) is 0 Å². The van der Waals surface area contributed by atoms with Gasteiger partial charge in [0.25, 0.3) is 5.91 Å². The normalized spacial score (nSPS) is 11.2. The lowest BCUT2D eigenvalue weighted by Gasteiger charge is -2.16. The molecule has 15 heavy (non-hydrogen) atoms. The number of halogens is 1. The minimum absolute atomic E-state index is 0.0789. The third-order valence-electron chi connectivity index (χ3n) is 1.95. The van der Waals surface area contributed by atoms with Gasteiger partial charge in [0.05, 0.1) is 0 Å². The van der Waals surface area contributed by atoms with E-state index in [0.29, 0.717) is 5.56 Å². The van der Waals surface area contributed by atoms with Crippen LogP contribution in [0, 0.1) is 5.82 Å². The molecule has 0 aliphatic carbocycles. The molecule has 0 spiro atoms. The van der Waals surface area contributed by atoms with Gasteiger partial charge in [-0.3, -0.25) is 4.79 Å². The van der Waals surface area contributed by atoms with Gasteiger partial charge < -0.3 is 10.4 Å². The van der Waals surface area contributed by atoms with Gasteiger partial charge in [-0.1, -0.05) is 18.2 Å². The first kappa shape index (κ1) is 11.7. The average Bonchev–Trinajstić information content (AvgIpc) is 2.14. The molecule has 0 fully saturated rings. The van der Waals surface area contributed by atoms with Gasteiger partial charge in [0, 0.05) is 12.1 Å². The molecule has 3 nitrogen and oxygen atoms in total. The van der Waals surface area contributed by atoms with E-state index in [1.165, 1.54) is 19.9 Å². The number of carbonyl (C=O) groups excluding carboxylic acids is 1. The van der Waals surface area contributed by atoms with E-state index >= 15 is 0 Å². The second-order valence-electron chi connectivity index (χ2n) is 3.83. The van der Waals surface area contributed by atoms with E-state index in [0.717, 1.165) is 0 Å². The van der Waals surface area contributed by atoms with E-state index in [9.17, 15) is 14.3 Å². The smallest absolute Gasteiger partial charge is 0.251 e. The van der Waals surface area contributed by atoms with Crippen molar-refractivity contribution >= 4 is 5.91 Å². The molecule has 0 aliphatic rings. The average molecular weight is 211 g/mol. The molecule has 1 aromatic carbocycles. The molecule has 0 unspecified atom stereocenters. The summed E-state index contributed by atoms with van der Waals surface area (Å²) in [7, 11) is 0. The maximum atomic E-state index is 13.1. The standard InChI is InChI=1S/C11H14FNO2/c1-11(2,15)10(14)13-7-8-5-3-4-6-9(8)12/h3-6,15H,7H2,1-2H3,(H,13,14). The molecule has 0 aromatic heterocycles. The maximum Gasteiger partial charge on any atom is 0.251 e. The highest BCUT2D eigenvalue weighted by molar-refractivity contribution is 5.83. The summed E-state index contributed by atoms with van der Waals surface area (Å²) in [6, 6.07) is 6.18. The number of amides is 1. The molecule has 82 valence electrons. The molecule has 0 aliphatic heterocycles. The first-order chi connectivity index (χ1) is 6.91. The van der Waals surface area contributed by atoms with E-state index in [1.54, 1.807) is 18.2 Å². The van der Waals surface area contributed by atoms with Crippen molar-refractivity contribution in [1.29, 1.82) is 0 Å². The number of hydrogen-bond acceptors (Lipinski definition) is 2. The van der Waals surface area contributed by atoms with Crippen molar-refractivity contribution in [3.05, 3.63) is 35.6 Å². The Morgan fingerprint density at radius 2 is 2.07 bits per heavy atom. The Kier molecular flexibility index (Phi) is 3.42. The van der Waals surface area contributed by atoms with Crippen LogP contribution in [0.2, 0.25) is 0 Å². The summed E-state index contributed by atoms with van der Waals surface area (Å²) in [5, 5.41) is 11.8. The van der Waals surface area contributed by atoms with E-state index in [-0.39, 0.29) is 12.4 Å². The first-order valence-corrected chi connectivity index (χ1v) is 4.65. The molecule has 0 radical (unpaired) electrons. The molecular formula is C11H14FNO2. The van der Waals surface area contributed by atoms with Gasteiger partial charge in [-0.2, -0.15) is 0 Å². The molecule has 2 N–H and O–H groups in total. The molecule has 0 saturated carbocycles. The zero-order valence-electron chi connectivity index (χ0n) is 8.75. The summed E-state index contributed by atoms with van der Waals surface area (Å²) in [5.74, 6) is -0.890. The minimum atomic E-state index is -1.44. The Morgan fingerprint density at radius 1 is 1.47 bits per heavy atom. The summed E-state index contributed by atoms with van der Waals surface area (Å²) in [6.07, 6.45) is 0. The van der Waals surface area contributed by atoms with E-state index in [2.05, 4.69) is 5.32 Å². The van der Waals surface area contributed by atoms with Gasteiger partial charge >= 0.3 is 0 Å². The van der Waals surface area contributed by atoms with Crippen molar-refractivity contribution in [2.24, 2.45) is 0 Å². The zero-order valence-corrected chi connectivity index (χ0v) is 8.75. The minimum Gasteiger partial charge on any atom is -0.381 e. The molecule has 0 heterocycles. The number of carbonyl (C=O) groups is 1. The Labute approximate surface area is 87.9 Å². The fourth-order valence-corrected chi connectivity index (χ4v) is 1.03. The van der Waals surface area contributed by atoms with E-state index < -0.39 is 11.5 Å². The summed E-state index contributed by atoms with van der Waals surface area (Å²) in [4.78, 5) is 11.3. The SMILES string of the molecule is CC(C)(O)C(=O)NCc1ccccc1F. The highest BCUT2D eigenvalue weighted by Gasteiger charge is 2.23. The van der Waals surface area contributed by atoms with Gasteiger partial charge in [-0.25, -0.2) is 4.39 Å². The van der Waals surface area contributed by atoms with Gasteiger partial charge in [0.1, 0.15) is 11.4 Å². The lowest BCUT2D eigenvalue weighted by Crippen LogP contribution is -2.41. The van der Waals surface area contributed by atoms with E-state index in [4.69, 9.17) is 0 Å². The predicted octanol–water partition coefficient (Wildman–Crippen LogP) is 1.21. The first-order valence-electron chi connectivity index (χ1n) is 4.65. The number of aliphatic hydroxyl groups is 1. The highest BCUT2D eigenvalue weighted by atomic mass is 19.1. The molecule has 1 aromatic rings. The maximum absolute atomic E-state index is 13.1. The molecule has 0 bridgehead atoms. The van der Waals surface area contributed by atoms with Crippen LogP contribution in [0.15, 0.2) is 24.3 Å². The Morgan fingerprint density at radius 3 is 2.60 bits per heavy atom. The Balaban J connectivity index is 2.59. The number of hydrogen-bond donors (Lipinski definition) is 2. The van der Waals surface area contributed by atoms with Crippen LogP contribution in [0.1, 0.15) is 19.4 Å². The van der Waals surface area contributed by atoms with Crippen LogP contribution in [0.3, 0.4) is 0 Å². The second-order valence-corrected chi connectivity index (χ2v) is 3.83. The third kappa shape index (κ3) is 3.32. The number of benzene rings is 1. The summed E-state index contributed by atoms with van der Waals surface area (Å²) in [5.41, 5.74) is -1.04. The fourth-order valence-electron chi connectivity index (χ4n) is 1.03. The molecule has 1 rings (SSSR count). The van der Waals surface area contributed by atoms with Gasteiger partial charge in [-0.05, 0) is 19.9 Å². The van der Waals surface area contributed by atoms with Crippen LogP contribution < -0.4 is 5.32 Å². The van der Waals surface area contributed by atoms with Crippen LogP contribution in [0.4, 0.5) is 4.39 Å². The summed E-state index contributed by atoms with van der Waals surface area (Å²) < 4.78 is 13.1. The highest BCUT2D eigenvalue weighted by Crippen LogP contribution is 2.07. The lowest BCUT2D eigenvalue weighted by molar-refractivity contribution is -0.136. The van der Waals surface area contributed by atoms with Gasteiger partial charge in [0.15, 0.2) is 0 Å². The predicted molar refractivity (Wildman–Crippen MR) is 54.5 cm³/mol. The van der Waals surface area contributed by atoms with Crippen LogP contribution in [-0.4, -0.2) is 16.6 Å². The molecule has 0 atom stereocenters. The quantitative estimate of drug-likeness (QED) is 0.789. The van der Waals surface area contributed by atoms with Crippen molar-refractivity contribution in [2.75, 3.05) is 0 Å².